The van der Waals surface area contributed by atoms with Gasteiger partial charge in [-0.2, -0.15) is 0 Å². The zero-order valence-corrected chi connectivity index (χ0v) is 9.63. The Balaban J connectivity index is 2.23. The molecule has 82 valence electrons. The molecule has 0 aliphatic heterocycles. The fraction of sp³-hybridized carbons (Fsp3) is 0.0909. The summed E-state index contributed by atoms with van der Waals surface area (Å²) in [7, 11) is 0. The lowest BCUT2D eigenvalue weighted by Gasteiger charge is -2.01. The molecule has 16 heavy (non-hydrogen) atoms. The molecule has 2 aromatic rings. The Morgan fingerprint density at radius 2 is 1.56 bits per heavy atom. The quantitative estimate of drug-likeness (QED) is 0.769. The normalized spacial score (nSPS) is 10.4. The van der Waals surface area contributed by atoms with Gasteiger partial charge in [0.2, 0.25) is 0 Å². The summed E-state index contributed by atoms with van der Waals surface area (Å²) in [5.74, 6) is 0.248. The van der Waals surface area contributed by atoms with Gasteiger partial charge in [0, 0.05) is 12.5 Å². The van der Waals surface area contributed by atoms with Crippen LogP contribution in [-0.4, -0.2) is 9.97 Å². The number of aromatic nitrogens is 2. The van der Waals surface area contributed by atoms with Crippen molar-refractivity contribution >= 4 is 23.2 Å². The molecule has 0 N–H and O–H groups in total. The van der Waals surface area contributed by atoms with E-state index in [-0.39, 0.29) is 5.82 Å². The van der Waals surface area contributed by atoms with Crippen LogP contribution >= 0.6 is 23.2 Å². The summed E-state index contributed by atoms with van der Waals surface area (Å²) in [4.78, 5) is 8.06. The first-order valence-corrected chi connectivity index (χ1v) is 5.32. The maximum atomic E-state index is 12.7. The average Bonchev–Trinajstić information content (AvgIpc) is 2.20. The molecule has 0 bridgehead atoms. The predicted molar refractivity (Wildman–Crippen MR) is 61.3 cm³/mol. The van der Waals surface area contributed by atoms with Crippen LogP contribution in [0.2, 0.25) is 10.3 Å². The largest absolute Gasteiger partial charge is 0.221 e. The van der Waals surface area contributed by atoms with Gasteiger partial charge in [0.05, 0.1) is 0 Å². The van der Waals surface area contributed by atoms with E-state index in [1.807, 2.05) is 0 Å². The summed E-state index contributed by atoms with van der Waals surface area (Å²) >= 11 is 11.5. The molecule has 1 aromatic carbocycles. The molecule has 0 unspecified atom stereocenters. The molecule has 0 atom stereocenters. The Kier molecular flexibility index (Phi) is 3.36. The van der Waals surface area contributed by atoms with Crippen LogP contribution in [0.5, 0.6) is 0 Å². The topological polar surface area (TPSA) is 25.8 Å². The smallest absolute Gasteiger partial charge is 0.136 e. The summed E-state index contributed by atoms with van der Waals surface area (Å²) in [5.41, 5.74) is 0.903. The van der Waals surface area contributed by atoms with Crippen molar-refractivity contribution in [2.24, 2.45) is 0 Å². The van der Waals surface area contributed by atoms with Crippen LogP contribution in [0.25, 0.3) is 0 Å². The zero-order valence-electron chi connectivity index (χ0n) is 8.12. The fourth-order valence-electron chi connectivity index (χ4n) is 1.30. The van der Waals surface area contributed by atoms with Gasteiger partial charge < -0.3 is 0 Å². The van der Waals surface area contributed by atoms with Crippen LogP contribution in [0.15, 0.2) is 30.3 Å². The molecule has 0 amide bonds. The molecule has 1 heterocycles. The van der Waals surface area contributed by atoms with Crippen molar-refractivity contribution in [3.8, 4) is 0 Å². The highest BCUT2D eigenvalue weighted by atomic mass is 35.5. The molecule has 0 fully saturated rings. The van der Waals surface area contributed by atoms with Gasteiger partial charge in [-0.1, -0.05) is 35.3 Å². The average molecular weight is 257 g/mol. The first-order chi connectivity index (χ1) is 7.63. The Morgan fingerprint density at radius 3 is 2.12 bits per heavy atom. The highest BCUT2D eigenvalue weighted by Gasteiger charge is 2.03. The summed E-state index contributed by atoms with van der Waals surface area (Å²) in [5, 5.41) is 0.606. The third-order valence-electron chi connectivity index (χ3n) is 1.99. The van der Waals surface area contributed by atoms with Crippen molar-refractivity contribution in [3.05, 3.63) is 57.8 Å². The third-order valence-corrected chi connectivity index (χ3v) is 2.37. The Hall–Kier alpha value is -1.19. The zero-order chi connectivity index (χ0) is 11.5. The van der Waals surface area contributed by atoms with Gasteiger partial charge in [-0.15, -0.1) is 0 Å². The number of benzene rings is 1. The second-order valence-corrected chi connectivity index (χ2v) is 4.01. The minimum Gasteiger partial charge on any atom is -0.221 e. The van der Waals surface area contributed by atoms with Crippen molar-refractivity contribution in [2.75, 3.05) is 0 Å². The summed E-state index contributed by atoms with van der Waals surface area (Å²) in [6.07, 6.45) is 0.473. The monoisotopic (exact) mass is 256 g/mol. The second kappa shape index (κ2) is 4.76. The molecule has 0 spiro atoms. The van der Waals surface area contributed by atoms with Crippen molar-refractivity contribution in [3.63, 3.8) is 0 Å². The Labute approximate surface area is 102 Å². The molecular weight excluding hydrogens is 250 g/mol. The molecule has 0 radical (unpaired) electrons. The summed E-state index contributed by atoms with van der Waals surface area (Å²) < 4.78 is 12.7. The van der Waals surface area contributed by atoms with Crippen molar-refractivity contribution in [1.82, 2.24) is 9.97 Å². The maximum Gasteiger partial charge on any atom is 0.136 e. The number of hydrogen-bond acceptors (Lipinski definition) is 2. The second-order valence-electron chi connectivity index (χ2n) is 3.23. The van der Waals surface area contributed by atoms with Gasteiger partial charge in [0.15, 0.2) is 0 Å². The standard InChI is InChI=1S/C11H7Cl2FN2/c12-9-6-10(13)16-11(15-9)5-7-1-3-8(14)4-2-7/h1-4,6H,5H2. The van der Waals surface area contributed by atoms with E-state index in [1.165, 1.54) is 18.2 Å². The van der Waals surface area contributed by atoms with Crippen LogP contribution < -0.4 is 0 Å². The number of halogens is 3. The molecule has 0 saturated heterocycles. The van der Waals surface area contributed by atoms with Crippen LogP contribution in [0, 0.1) is 5.82 Å². The first-order valence-electron chi connectivity index (χ1n) is 4.57. The van der Waals surface area contributed by atoms with Gasteiger partial charge in [-0.25, -0.2) is 14.4 Å². The third kappa shape index (κ3) is 2.90. The van der Waals surface area contributed by atoms with Crippen LogP contribution in [0.4, 0.5) is 4.39 Å². The fourth-order valence-corrected chi connectivity index (χ4v) is 1.76. The lowest BCUT2D eigenvalue weighted by molar-refractivity contribution is 0.627. The van der Waals surface area contributed by atoms with E-state index >= 15 is 0 Å². The highest BCUT2D eigenvalue weighted by molar-refractivity contribution is 6.33. The van der Waals surface area contributed by atoms with Crippen molar-refractivity contribution in [1.29, 1.82) is 0 Å². The van der Waals surface area contributed by atoms with E-state index in [0.717, 1.165) is 5.56 Å². The van der Waals surface area contributed by atoms with Crippen LogP contribution in [-0.2, 0) is 6.42 Å². The van der Waals surface area contributed by atoms with Crippen LogP contribution in [0.3, 0.4) is 0 Å². The van der Waals surface area contributed by atoms with Gasteiger partial charge in [0.1, 0.15) is 21.9 Å². The number of hydrogen-bond donors (Lipinski definition) is 0. The maximum absolute atomic E-state index is 12.7. The van der Waals surface area contributed by atoms with E-state index in [1.54, 1.807) is 12.1 Å². The molecule has 2 rings (SSSR count). The van der Waals surface area contributed by atoms with E-state index in [9.17, 15) is 4.39 Å². The van der Waals surface area contributed by atoms with Gasteiger partial charge in [0.25, 0.3) is 0 Å². The summed E-state index contributed by atoms with van der Waals surface area (Å²) in [6.45, 7) is 0. The van der Waals surface area contributed by atoms with Gasteiger partial charge >= 0.3 is 0 Å². The van der Waals surface area contributed by atoms with Crippen LogP contribution in [0.1, 0.15) is 11.4 Å². The predicted octanol–water partition coefficient (Wildman–Crippen LogP) is 3.51. The Morgan fingerprint density at radius 1 is 1.00 bits per heavy atom. The first kappa shape index (κ1) is 11.3. The number of rotatable bonds is 2. The molecule has 0 aliphatic carbocycles. The highest BCUT2D eigenvalue weighted by Crippen LogP contribution is 2.14. The van der Waals surface area contributed by atoms with Gasteiger partial charge in [-0.3, -0.25) is 0 Å². The van der Waals surface area contributed by atoms with Gasteiger partial charge in [-0.05, 0) is 17.7 Å². The summed E-state index contributed by atoms with van der Waals surface area (Å²) in [6, 6.07) is 7.60. The molecule has 2 nitrogen and oxygen atoms in total. The SMILES string of the molecule is Fc1ccc(Cc2nc(Cl)cc(Cl)n2)cc1. The van der Waals surface area contributed by atoms with Crippen molar-refractivity contribution in [2.45, 2.75) is 6.42 Å². The van der Waals surface area contributed by atoms with E-state index in [2.05, 4.69) is 9.97 Å². The molecular formula is C11H7Cl2FN2. The molecule has 1 aromatic heterocycles. The lowest BCUT2D eigenvalue weighted by atomic mass is 10.1. The minimum atomic E-state index is -0.270. The molecule has 0 saturated carbocycles. The minimum absolute atomic E-state index is 0.270. The van der Waals surface area contributed by atoms with E-state index in [0.29, 0.717) is 22.6 Å². The molecule has 5 heteroatoms. The Bertz CT molecular complexity index is 480. The lowest BCUT2D eigenvalue weighted by Crippen LogP contribution is -1.97. The number of nitrogens with zero attached hydrogens (tertiary/aromatic N) is 2. The molecule has 0 aliphatic rings. The van der Waals surface area contributed by atoms with E-state index < -0.39 is 0 Å². The van der Waals surface area contributed by atoms with E-state index in [4.69, 9.17) is 23.2 Å². The van der Waals surface area contributed by atoms with Crippen molar-refractivity contribution < 1.29 is 4.39 Å².